The van der Waals surface area contributed by atoms with Gasteiger partial charge in [-0.15, -0.1) is 11.8 Å². The van der Waals surface area contributed by atoms with Crippen molar-refractivity contribution in [2.24, 2.45) is 0 Å². The van der Waals surface area contributed by atoms with E-state index in [9.17, 15) is 5.11 Å². The maximum atomic E-state index is 10.3. The first-order valence-electron chi connectivity index (χ1n) is 6.48. The largest absolute Gasteiger partial charge is 0.388 e. The molecule has 100 valence electrons. The monoisotopic (exact) mass is 272 g/mol. The maximum absolute atomic E-state index is 10.3. The van der Waals surface area contributed by atoms with E-state index in [1.807, 2.05) is 12.1 Å². The highest BCUT2D eigenvalue weighted by Crippen LogP contribution is 2.23. The lowest BCUT2D eigenvalue weighted by Crippen LogP contribution is -2.03. The Bertz CT molecular complexity index is 546. The van der Waals surface area contributed by atoms with Gasteiger partial charge in [-0.25, -0.2) is 0 Å². The molecule has 0 saturated carbocycles. The van der Waals surface area contributed by atoms with E-state index in [0.29, 0.717) is 6.42 Å². The van der Waals surface area contributed by atoms with E-state index in [0.717, 1.165) is 5.56 Å². The average Bonchev–Trinajstić information content (AvgIpc) is 2.43. The zero-order chi connectivity index (χ0) is 13.8. The van der Waals surface area contributed by atoms with Gasteiger partial charge in [-0.3, -0.25) is 0 Å². The summed E-state index contributed by atoms with van der Waals surface area (Å²) in [7, 11) is 0. The minimum absolute atomic E-state index is 0.434. The van der Waals surface area contributed by atoms with Gasteiger partial charge >= 0.3 is 0 Å². The molecule has 0 aliphatic rings. The molecule has 2 rings (SSSR count). The molecule has 0 spiro atoms. The van der Waals surface area contributed by atoms with Crippen LogP contribution in [0.5, 0.6) is 0 Å². The van der Waals surface area contributed by atoms with Gasteiger partial charge in [-0.1, -0.05) is 35.9 Å². The lowest BCUT2D eigenvalue weighted by Gasteiger charge is -2.14. The van der Waals surface area contributed by atoms with Crippen molar-refractivity contribution in [2.45, 2.75) is 31.3 Å². The Balaban J connectivity index is 2.15. The van der Waals surface area contributed by atoms with Crippen LogP contribution in [-0.2, 0) is 6.42 Å². The van der Waals surface area contributed by atoms with Crippen LogP contribution in [0.25, 0.3) is 0 Å². The molecule has 2 heteroatoms. The Kier molecular flexibility index (Phi) is 4.67. The summed E-state index contributed by atoms with van der Waals surface area (Å²) < 4.78 is 0. The second-order valence-electron chi connectivity index (χ2n) is 4.92. The van der Waals surface area contributed by atoms with Crippen LogP contribution in [0.1, 0.15) is 28.4 Å². The van der Waals surface area contributed by atoms with Gasteiger partial charge in [0.05, 0.1) is 6.10 Å². The smallest absolute Gasteiger partial charge is 0.0830 e. The van der Waals surface area contributed by atoms with Crippen molar-refractivity contribution in [1.82, 2.24) is 0 Å². The molecule has 0 aliphatic heterocycles. The SMILES string of the molecule is CSc1ccc(C(O)Cc2cc(C)ccc2C)cc1. The van der Waals surface area contributed by atoms with Gasteiger partial charge in [0, 0.05) is 11.3 Å². The van der Waals surface area contributed by atoms with E-state index in [1.165, 1.54) is 21.6 Å². The number of aliphatic hydroxyl groups excluding tert-OH is 1. The molecule has 0 radical (unpaired) electrons. The first-order valence-corrected chi connectivity index (χ1v) is 7.71. The summed E-state index contributed by atoms with van der Waals surface area (Å²) in [4.78, 5) is 1.22. The lowest BCUT2D eigenvalue weighted by molar-refractivity contribution is 0.178. The first-order chi connectivity index (χ1) is 9.10. The molecule has 0 heterocycles. The molecule has 1 N–H and O–H groups in total. The van der Waals surface area contributed by atoms with E-state index in [1.54, 1.807) is 11.8 Å². The summed E-state index contributed by atoms with van der Waals surface area (Å²) in [6, 6.07) is 14.5. The van der Waals surface area contributed by atoms with Gasteiger partial charge in [-0.05, 0) is 48.9 Å². The fourth-order valence-electron chi connectivity index (χ4n) is 2.17. The molecule has 1 atom stereocenters. The molecule has 1 unspecified atom stereocenters. The average molecular weight is 272 g/mol. The van der Waals surface area contributed by atoms with E-state index in [2.05, 4.69) is 50.4 Å². The number of hydrogen-bond donors (Lipinski definition) is 1. The molecule has 0 bridgehead atoms. The van der Waals surface area contributed by atoms with Crippen LogP contribution in [0, 0.1) is 13.8 Å². The quantitative estimate of drug-likeness (QED) is 0.837. The van der Waals surface area contributed by atoms with Crippen molar-refractivity contribution in [3.63, 3.8) is 0 Å². The standard InChI is InChI=1S/C17H20OS/c1-12-4-5-13(2)15(10-12)11-17(18)14-6-8-16(19-3)9-7-14/h4-10,17-18H,11H2,1-3H3. The highest BCUT2D eigenvalue weighted by atomic mass is 32.2. The van der Waals surface area contributed by atoms with Crippen LogP contribution < -0.4 is 0 Å². The van der Waals surface area contributed by atoms with Crippen molar-refractivity contribution < 1.29 is 5.11 Å². The van der Waals surface area contributed by atoms with Crippen LogP contribution in [0.4, 0.5) is 0 Å². The number of thioether (sulfide) groups is 1. The van der Waals surface area contributed by atoms with E-state index in [-0.39, 0.29) is 0 Å². The number of aryl methyl sites for hydroxylation is 2. The van der Waals surface area contributed by atoms with Gasteiger partial charge in [0.1, 0.15) is 0 Å². The fraction of sp³-hybridized carbons (Fsp3) is 0.294. The predicted molar refractivity (Wildman–Crippen MR) is 82.8 cm³/mol. The van der Waals surface area contributed by atoms with Crippen LogP contribution >= 0.6 is 11.8 Å². The summed E-state index contributed by atoms with van der Waals surface area (Å²) in [6.07, 6.45) is 2.30. The van der Waals surface area contributed by atoms with Crippen LogP contribution in [0.2, 0.25) is 0 Å². The zero-order valence-corrected chi connectivity index (χ0v) is 12.5. The zero-order valence-electron chi connectivity index (χ0n) is 11.7. The summed E-state index contributed by atoms with van der Waals surface area (Å²) >= 11 is 1.72. The molecule has 1 nitrogen and oxygen atoms in total. The molecule has 0 fully saturated rings. The van der Waals surface area contributed by atoms with Gasteiger partial charge in [0.15, 0.2) is 0 Å². The maximum Gasteiger partial charge on any atom is 0.0830 e. The Hall–Kier alpha value is -1.25. The Morgan fingerprint density at radius 3 is 2.37 bits per heavy atom. The van der Waals surface area contributed by atoms with Crippen LogP contribution in [-0.4, -0.2) is 11.4 Å². The second kappa shape index (κ2) is 6.27. The van der Waals surface area contributed by atoms with E-state index >= 15 is 0 Å². The molecular formula is C17H20OS. The van der Waals surface area contributed by atoms with E-state index in [4.69, 9.17) is 0 Å². The third-order valence-corrected chi connectivity index (χ3v) is 4.16. The third kappa shape index (κ3) is 3.62. The fourth-order valence-corrected chi connectivity index (χ4v) is 2.58. The Labute approximate surface area is 119 Å². The lowest BCUT2D eigenvalue weighted by atomic mass is 9.97. The number of benzene rings is 2. The highest BCUT2D eigenvalue weighted by molar-refractivity contribution is 7.98. The van der Waals surface area contributed by atoms with Crippen molar-refractivity contribution in [3.8, 4) is 0 Å². The van der Waals surface area contributed by atoms with Gasteiger partial charge < -0.3 is 5.11 Å². The number of aliphatic hydroxyl groups is 1. The summed E-state index contributed by atoms with van der Waals surface area (Å²) in [5.41, 5.74) is 4.69. The minimum Gasteiger partial charge on any atom is -0.388 e. The molecule has 0 aliphatic carbocycles. The molecular weight excluding hydrogens is 252 g/mol. The minimum atomic E-state index is -0.434. The van der Waals surface area contributed by atoms with Crippen molar-refractivity contribution in [3.05, 3.63) is 64.7 Å². The molecule has 2 aromatic rings. The van der Waals surface area contributed by atoms with Crippen LogP contribution in [0.15, 0.2) is 47.4 Å². The normalized spacial score (nSPS) is 12.4. The van der Waals surface area contributed by atoms with Gasteiger partial charge in [0.2, 0.25) is 0 Å². The number of rotatable bonds is 4. The van der Waals surface area contributed by atoms with Gasteiger partial charge in [0.25, 0.3) is 0 Å². The summed E-state index contributed by atoms with van der Waals surface area (Å²) in [5.74, 6) is 0. The Morgan fingerprint density at radius 1 is 1.05 bits per heavy atom. The highest BCUT2D eigenvalue weighted by Gasteiger charge is 2.10. The first kappa shape index (κ1) is 14.2. The topological polar surface area (TPSA) is 20.2 Å². The van der Waals surface area contributed by atoms with Crippen molar-refractivity contribution in [1.29, 1.82) is 0 Å². The molecule has 2 aromatic carbocycles. The molecule has 0 amide bonds. The summed E-state index contributed by atoms with van der Waals surface area (Å²) in [6.45, 7) is 4.18. The summed E-state index contributed by atoms with van der Waals surface area (Å²) in [5, 5.41) is 10.3. The van der Waals surface area contributed by atoms with Gasteiger partial charge in [-0.2, -0.15) is 0 Å². The number of hydrogen-bond acceptors (Lipinski definition) is 2. The second-order valence-corrected chi connectivity index (χ2v) is 5.80. The molecule has 0 saturated heterocycles. The van der Waals surface area contributed by atoms with Crippen molar-refractivity contribution in [2.75, 3.05) is 6.26 Å². The molecule has 19 heavy (non-hydrogen) atoms. The predicted octanol–water partition coefficient (Wildman–Crippen LogP) is 4.30. The van der Waals surface area contributed by atoms with E-state index < -0.39 is 6.10 Å². The Morgan fingerprint density at radius 2 is 1.74 bits per heavy atom. The molecule has 0 aromatic heterocycles. The van der Waals surface area contributed by atoms with Crippen molar-refractivity contribution >= 4 is 11.8 Å². The van der Waals surface area contributed by atoms with Crippen LogP contribution in [0.3, 0.4) is 0 Å². The third-order valence-electron chi connectivity index (χ3n) is 3.42.